The predicted molar refractivity (Wildman–Crippen MR) is 59.0 cm³/mol. The van der Waals surface area contributed by atoms with E-state index < -0.39 is 0 Å². The molecule has 1 heterocycles. The van der Waals surface area contributed by atoms with Crippen molar-refractivity contribution >= 4 is 5.78 Å². The topological polar surface area (TPSA) is 44.1 Å². The van der Waals surface area contributed by atoms with E-state index in [9.17, 15) is 4.79 Å². The lowest BCUT2D eigenvalue weighted by Gasteiger charge is -2.51. The summed E-state index contributed by atoms with van der Waals surface area (Å²) in [6, 6.07) is 1.99. The van der Waals surface area contributed by atoms with E-state index in [-0.39, 0.29) is 11.1 Å². The zero-order chi connectivity index (χ0) is 11.7. The molecule has 3 heteroatoms. The third-order valence-corrected chi connectivity index (χ3v) is 2.86. The van der Waals surface area contributed by atoms with Crippen molar-refractivity contribution in [1.82, 2.24) is 4.90 Å². The maximum absolute atomic E-state index is 11.6. The zero-order valence-electron chi connectivity index (χ0n) is 9.87. The van der Waals surface area contributed by atoms with Gasteiger partial charge in [-0.15, -0.1) is 0 Å². The Morgan fingerprint density at radius 3 is 2.13 bits per heavy atom. The van der Waals surface area contributed by atoms with Gasteiger partial charge in [0.15, 0.2) is 0 Å². The van der Waals surface area contributed by atoms with Crippen molar-refractivity contribution in [3.63, 3.8) is 0 Å². The van der Waals surface area contributed by atoms with Crippen LogP contribution in [0.25, 0.3) is 0 Å². The molecule has 0 N–H and O–H groups in total. The smallest absolute Gasteiger partial charge is 0.137 e. The van der Waals surface area contributed by atoms with Crippen molar-refractivity contribution in [1.29, 1.82) is 5.26 Å². The maximum atomic E-state index is 11.6. The normalized spacial score (nSPS) is 24.2. The number of likely N-dealkylation sites (tertiary alicyclic amines) is 1. The van der Waals surface area contributed by atoms with Crippen LogP contribution in [0.4, 0.5) is 0 Å². The van der Waals surface area contributed by atoms with Crippen molar-refractivity contribution in [2.75, 3.05) is 0 Å². The zero-order valence-corrected chi connectivity index (χ0v) is 9.87. The molecule has 1 rings (SSSR count). The van der Waals surface area contributed by atoms with Gasteiger partial charge in [-0.1, -0.05) is 0 Å². The van der Waals surface area contributed by atoms with Gasteiger partial charge >= 0.3 is 0 Å². The Bertz CT molecular complexity index is 314. The number of hydrogen-bond acceptors (Lipinski definition) is 3. The summed E-state index contributed by atoms with van der Waals surface area (Å²) in [5, 5.41) is 8.56. The molecule has 0 atom stereocenters. The third kappa shape index (κ3) is 2.38. The van der Waals surface area contributed by atoms with Crippen LogP contribution in [-0.2, 0) is 4.79 Å². The molecule has 0 saturated carbocycles. The molecule has 0 unspecified atom stereocenters. The Labute approximate surface area is 91.4 Å². The number of ketones is 1. The Morgan fingerprint density at radius 1 is 1.27 bits per heavy atom. The summed E-state index contributed by atoms with van der Waals surface area (Å²) < 4.78 is 0. The minimum Gasteiger partial charge on any atom is -0.366 e. The van der Waals surface area contributed by atoms with Gasteiger partial charge in [0.25, 0.3) is 0 Å². The standard InChI is InChI=1S/C12H18N2O/c1-11(2)8-10(15)9-12(3,4)14(11)7-5-6-13/h5,7H,8-9H2,1-4H3/b7-5+. The first-order valence-corrected chi connectivity index (χ1v) is 5.17. The molecule has 0 aliphatic carbocycles. The van der Waals surface area contributed by atoms with Crippen molar-refractivity contribution < 1.29 is 4.79 Å². The van der Waals surface area contributed by atoms with Crippen LogP contribution in [0.5, 0.6) is 0 Å². The van der Waals surface area contributed by atoms with Gasteiger partial charge in [0.05, 0.1) is 6.07 Å². The molecule has 1 aliphatic rings. The number of hydrogen-bond donors (Lipinski definition) is 0. The van der Waals surface area contributed by atoms with Crippen LogP contribution >= 0.6 is 0 Å². The average molecular weight is 206 g/mol. The highest BCUT2D eigenvalue weighted by molar-refractivity contribution is 5.81. The van der Waals surface area contributed by atoms with E-state index >= 15 is 0 Å². The number of carbonyl (C=O) groups is 1. The summed E-state index contributed by atoms with van der Waals surface area (Å²) in [5.74, 6) is 0.298. The Kier molecular flexibility index (Phi) is 2.90. The summed E-state index contributed by atoms with van der Waals surface area (Å²) in [5.41, 5.74) is -0.404. The van der Waals surface area contributed by atoms with Crippen molar-refractivity contribution in [3.8, 4) is 6.07 Å². The fourth-order valence-electron chi connectivity index (χ4n) is 2.53. The van der Waals surface area contributed by atoms with Crippen LogP contribution in [-0.4, -0.2) is 21.8 Å². The van der Waals surface area contributed by atoms with E-state index in [1.807, 2.05) is 33.8 Å². The fourth-order valence-corrected chi connectivity index (χ4v) is 2.53. The van der Waals surface area contributed by atoms with Gasteiger partial charge in [-0.05, 0) is 27.7 Å². The Hall–Kier alpha value is -1.30. The highest BCUT2D eigenvalue weighted by Crippen LogP contribution is 2.36. The van der Waals surface area contributed by atoms with Crippen LogP contribution in [0.15, 0.2) is 12.3 Å². The number of allylic oxidation sites excluding steroid dienone is 1. The summed E-state index contributed by atoms with van der Waals surface area (Å²) in [6.45, 7) is 8.14. The van der Waals surface area contributed by atoms with Gasteiger partial charge in [-0.2, -0.15) is 5.26 Å². The highest BCUT2D eigenvalue weighted by Gasteiger charge is 2.42. The minimum absolute atomic E-state index is 0.202. The van der Waals surface area contributed by atoms with E-state index in [0.29, 0.717) is 18.6 Å². The number of piperidine rings is 1. The van der Waals surface area contributed by atoms with Gasteiger partial charge in [0, 0.05) is 36.2 Å². The second kappa shape index (κ2) is 3.69. The van der Waals surface area contributed by atoms with E-state index in [4.69, 9.17) is 5.26 Å². The molecule has 15 heavy (non-hydrogen) atoms. The van der Waals surface area contributed by atoms with Crippen LogP contribution < -0.4 is 0 Å². The molecule has 1 saturated heterocycles. The lowest BCUT2D eigenvalue weighted by Crippen LogP contribution is -2.58. The summed E-state index contributed by atoms with van der Waals surface area (Å²) >= 11 is 0. The van der Waals surface area contributed by atoms with Gasteiger partial charge < -0.3 is 4.90 Å². The predicted octanol–water partition coefficient (Wildman–Crippen LogP) is 2.25. The monoisotopic (exact) mass is 206 g/mol. The van der Waals surface area contributed by atoms with Gasteiger partial charge in [-0.3, -0.25) is 4.79 Å². The molecule has 0 aromatic heterocycles. The van der Waals surface area contributed by atoms with E-state index in [0.717, 1.165) is 0 Å². The summed E-state index contributed by atoms with van der Waals surface area (Å²) in [6.07, 6.45) is 4.37. The number of rotatable bonds is 1. The average Bonchev–Trinajstić information content (AvgIpc) is 1.98. The van der Waals surface area contributed by atoms with Crippen molar-refractivity contribution in [3.05, 3.63) is 12.3 Å². The largest absolute Gasteiger partial charge is 0.366 e. The molecule has 1 fully saturated rings. The lowest BCUT2D eigenvalue weighted by molar-refractivity contribution is -0.130. The molecule has 1 aliphatic heterocycles. The van der Waals surface area contributed by atoms with E-state index in [1.54, 1.807) is 6.20 Å². The summed E-state index contributed by atoms with van der Waals surface area (Å²) in [7, 11) is 0. The van der Waals surface area contributed by atoms with Crippen LogP contribution in [0.1, 0.15) is 40.5 Å². The Morgan fingerprint density at radius 2 is 1.73 bits per heavy atom. The molecular formula is C12H18N2O. The number of Topliss-reactive ketones (excluding diaryl/α,β-unsaturated/α-hetero) is 1. The van der Waals surface area contributed by atoms with Crippen LogP contribution in [0, 0.1) is 11.3 Å². The molecule has 0 bridgehead atoms. The van der Waals surface area contributed by atoms with Crippen LogP contribution in [0.3, 0.4) is 0 Å². The van der Waals surface area contributed by atoms with Crippen molar-refractivity contribution in [2.24, 2.45) is 0 Å². The first-order chi connectivity index (χ1) is 6.79. The fraction of sp³-hybridized carbons (Fsp3) is 0.667. The molecule has 0 spiro atoms. The number of carbonyl (C=O) groups excluding carboxylic acids is 1. The first-order valence-electron chi connectivity index (χ1n) is 5.17. The molecule has 82 valence electrons. The second-order valence-corrected chi connectivity index (χ2v) is 5.33. The number of nitrogens with zero attached hydrogens (tertiary/aromatic N) is 2. The Balaban J connectivity index is 3.03. The maximum Gasteiger partial charge on any atom is 0.137 e. The van der Waals surface area contributed by atoms with Crippen LogP contribution in [0.2, 0.25) is 0 Å². The molecule has 0 aromatic rings. The van der Waals surface area contributed by atoms with E-state index in [2.05, 4.69) is 4.90 Å². The van der Waals surface area contributed by atoms with Gasteiger partial charge in [-0.25, -0.2) is 0 Å². The lowest BCUT2D eigenvalue weighted by atomic mass is 9.79. The minimum atomic E-state index is -0.202. The highest BCUT2D eigenvalue weighted by atomic mass is 16.1. The molecular weight excluding hydrogens is 188 g/mol. The number of nitriles is 1. The molecule has 3 nitrogen and oxygen atoms in total. The molecule has 0 aromatic carbocycles. The molecule has 0 amide bonds. The van der Waals surface area contributed by atoms with Gasteiger partial charge in [0.2, 0.25) is 0 Å². The van der Waals surface area contributed by atoms with Gasteiger partial charge in [0.1, 0.15) is 5.78 Å². The SMILES string of the molecule is CC1(C)CC(=O)CC(C)(C)N1/C=C/C#N. The summed E-state index contributed by atoms with van der Waals surface area (Å²) in [4.78, 5) is 13.7. The first kappa shape index (κ1) is 11.8. The molecule has 0 radical (unpaired) electrons. The third-order valence-electron chi connectivity index (χ3n) is 2.86. The quantitative estimate of drug-likeness (QED) is 0.618. The second-order valence-electron chi connectivity index (χ2n) is 5.33. The van der Waals surface area contributed by atoms with E-state index in [1.165, 1.54) is 6.08 Å². The van der Waals surface area contributed by atoms with Crippen molar-refractivity contribution in [2.45, 2.75) is 51.6 Å².